The molecule has 9 rings (SSSR count). The first-order valence-corrected chi connectivity index (χ1v) is 17.9. The fourth-order valence-electron chi connectivity index (χ4n) is 8.60. The monoisotopic (exact) mass is 643 g/mol. The van der Waals surface area contributed by atoms with Gasteiger partial charge in [-0.05, 0) is 109 Å². The number of nitrogens with zero attached hydrogens (tertiary/aromatic N) is 1. The van der Waals surface area contributed by atoms with Crippen LogP contribution in [0.15, 0.2) is 152 Å². The Balaban J connectivity index is 1.41. The van der Waals surface area contributed by atoms with Crippen molar-refractivity contribution < 1.29 is 0 Å². The van der Waals surface area contributed by atoms with Crippen molar-refractivity contribution in [3.63, 3.8) is 0 Å². The van der Waals surface area contributed by atoms with E-state index in [0.717, 1.165) is 0 Å². The minimum Gasteiger partial charge on any atom is -0.309 e. The predicted molar refractivity (Wildman–Crippen MR) is 215 cm³/mol. The molecule has 0 saturated carbocycles. The van der Waals surface area contributed by atoms with E-state index in [2.05, 4.69) is 191 Å². The highest BCUT2D eigenvalue weighted by molar-refractivity contribution is 6.15. The normalized spacial score (nSPS) is 13.2. The van der Waals surface area contributed by atoms with E-state index in [1.807, 2.05) is 0 Å². The van der Waals surface area contributed by atoms with Crippen molar-refractivity contribution in [1.82, 2.24) is 0 Å². The summed E-state index contributed by atoms with van der Waals surface area (Å²) in [6, 6.07) is 56.7. The molecule has 242 valence electrons. The van der Waals surface area contributed by atoms with Gasteiger partial charge in [0.1, 0.15) is 0 Å². The third kappa shape index (κ3) is 4.61. The molecular weight excluding hydrogens is 603 g/mol. The standard InChI is InChI=1S/C49H41N/c1-31(2)37-19-10-11-21-39(37)43-27-33-16-6-7-17-34(33)28-47(43)50(46-29-35-18-8-9-20-38(35)40-22-12-13-23-41(40)46)36-25-26-42-45(30-36)49(4,5)44-24-14-15-32(3)48(42)44/h6-31H,1-5H3. The zero-order chi connectivity index (χ0) is 34.1. The molecule has 50 heavy (non-hydrogen) atoms. The van der Waals surface area contributed by atoms with Gasteiger partial charge in [0.2, 0.25) is 0 Å². The number of benzene rings is 8. The molecule has 1 heteroatoms. The van der Waals surface area contributed by atoms with E-state index in [9.17, 15) is 0 Å². The number of rotatable bonds is 5. The van der Waals surface area contributed by atoms with Crippen LogP contribution in [-0.2, 0) is 5.41 Å². The van der Waals surface area contributed by atoms with Gasteiger partial charge in [0.25, 0.3) is 0 Å². The maximum absolute atomic E-state index is 2.56. The fourth-order valence-corrected chi connectivity index (χ4v) is 8.60. The first-order valence-electron chi connectivity index (χ1n) is 17.9. The maximum atomic E-state index is 2.56. The Hall–Kier alpha value is -5.66. The van der Waals surface area contributed by atoms with E-state index in [-0.39, 0.29) is 5.41 Å². The molecule has 0 N–H and O–H groups in total. The maximum Gasteiger partial charge on any atom is 0.0546 e. The highest BCUT2D eigenvalue weighted by Gasteiger charge is 2.37. The summed E-state index contributed by atoms with van der Waals surface area (Å²) >= 11 is 0. The smallest absolute Gasteiger partial charge is 0.0546 e. The quantitative estimate of drug-likeness (QED) is 0.169. The van der Waals surface area contributed by atoms with Gasteiger partial charge in [0.05, 0.1) is 11.4 Å². The summed E-state index contributed by atoms with van der Waals surface area (Å²) in [5, 5.41) is 7.49. The lowest BCUT2D eigenvalue weighted by Crippen LogP contribution is -2.17. The third-order valence-electron chi connectivity index (χ3n) is 11.1. The van der Waals surface area contributed by atoms with Gasteiger partial charge in [-0.25, -0.2) is 0 Å². The van der Waals surface area contributed by atoms with Crippen LogP contribution in [0.2, 0.25) is 0 Å². The van der Waals surface area contributed by atoms with Crippen molar-refractivity contribution in [2.45, 2.75) is 46.0 Å². The van der Waals surface area contributed by atoms with Crippen LogP contribution in [0.4, 0.5) is 17.1 Å². The van der Waals surface area contributed by atoms with Crippen LogP contribution in [0.5, 0.6) is 0 Å². The van der Waals surface area contributed by atoms with Crippen LogP contribution in [-0.4, -0.2) is 0 Å². The molecule has 8 aromatic rings. The van der Waals surface area contributed by atoms with Crippen LogP contribution >= 0.6 is 0 Å². The lowest BCUT2D eigenvalue weighted by atomic mass is 9.82. The summed E-state index contributed by atoms with van der Waals surface area (Å²) in [7, 11) is 0. The van der Waals surface area contributed by atoms with Gasteiger partial charge in [-0.2, -0.15) is 0 Å². The molecule has 0 aliphatic heterocycles. The van der Waals surface area contributed by atoms with E-state index in [1.54, 1.807) is 0 Å². The molecule has 0 unspecified atom stereocenters. The van der Waals surface area contributed by atoms with Crippen LogP contribution in [0.25, 0.3) is 54.6 Å². The van der Waals surface area contributed by atoms with Gasteiger partial charge in [0.15, 0.2) is 0 Å². The Bertz CT molecular complexity index is 2620. The lowest BCUT2D eigenvalue weighted by Gasteiger charge is -2.32. The predicted octanol–water partition coefficient (Wildman–Crippen LogP) is 14.0. The Morgan fingerprint density at radius 1 is 0.480 bits per heavy atom. The van der Waals surface area contributed by atoms with Crippen molar-refractivity contribution in [3.05, 3.63) is 174 Å². The van der Waals surface area contributed by atoms with Crippen LogP contribution in [0.1, 0.15) is 55.9 Å². The van der Waals surface area contributed by atoms with Crippen LogP contribution in [0, 0.1) is 6.92 Å². The van der Waals surface area contributed by atoms with Gasteiger partial charge >= 0.3 is 0 Å². The largest absolute Gasteiger partial charge is 0.309 e. The summed E-state index contributed by atoms with van der Waals surface area (Å²) in [5.74, 6) is 0.378. The summed E-state index contributed by atoms with van der Waals surface area (Å²) < 4.78 is 0. The summed E-state index contributed by atoms with van der Waals surface area (Å²) in [6.07, 6.45) is 0. The SMILES string of the molecule is Cc1cccc2c1-c1ccc(N(c3cc4ccccc4cc3-c3ccccc3C(C)C)c3cc4ccccc4c4ccccc34)cc1C2(C)C. The van der Waals surface area contributed by atoms with E-state index in [0.29, 0.717) is 5.92 Å². The molecule has 0 amide bonds. The topological polar surface area (TPSA) is 3.24 Å². The molecule has 0 atom stereocenters. The molecule has 1 aliphatic rings. The average molecular weight is 644 g/mol. The Morgan fingerprint density at radius 2 is 1.12 bits per heavy atom. The fraction of sp³-hybridized carbons (Fsp3) is 0.143. The van der Waals surface area contributed by atoms with Crippen molar-refractivity contribution in [3.8, 4) is 22.3 Å². The number of fused-ring (bicyclic) bond motifs is 7. The van der Waals surface area contributed by atoms with Gasteiger partial charge in [-0.3, -0.25) is 0 Å². The van der Waals surface area contributed by atoms with E-state index in [4.69, 9.17) is 0 Å². The molecule has 0 bridgehead atoms. The van der Waals surface area contributed by atoms with Gasteiger partial charge in [-0.1, -0.05) is 149 Å². The first kappa shape index (κ1) is 30.4. The molecule has 0 saturated heterocycles. The number of hydrogen-bond donors (Lipinski definition) is 0. The van der Waals surface area contributed by atoms with Crippen molar-refractivity contribution >= 4 is 49.4 Å². The van der Waals surface area contributed by atoms with Crippen molar-refractivity contribution in [2.24, 2.45) is 0 Å². The summed E-state index contributed by atoms with van der Waals surface area (Å²) in [4.78, 5) is 2.56. The van der Waals surface area contributed by atoms with Gasteiger partial charge < -0.3 is 4.90 Å². The molecule has 1 aliphatic carbocycles. The highest BCUT2D eigenvalue weighted by Crippen LogP contribution is 2.53. The molecule has 0 spiro atoms. The Morgan fingerprint density at radius 3 is 1.90 bits per heavy atom. The van der Waals surface area contributed by atoms with Crippen LogP contribution < -0.4 is 4.90 Å². The van der Waals surface area contributed by atoms with E-state index < -0.39 is 0 Å². The Labute approximate surface area is 295 Å². The second-order valence-electron chi connectivity index (χ2n) is 14.8. The third-order valence-corrected chi connectivity index (χ3v) is 11.1. The molecule has 0 radical (unpaired) electrons. The molecule has 1 nitrogen and oxygen atoms in total. The van der Waals surface area contributed by atoms with E-state index >= 15 is 0 Å². The molecule has 0 aromatic heterocycles. The minimum absolute atomic E-state index is 0.125. The number of anilines is 3. The van der Waals surface area contributed by atoms with E-state index in [1.165, 1.54) is 93.9 Å². The van der Waals surface area contributed by atoms with Gasteiger partial charge in [0, 0.05) is 22.1 Å². The van der Waals surface area contributed by atoms with Crippen LogP contribution in [0.3, 0.4) is 0 Å². The van der Waals surface area contributed by atoms with Crippen molar-refractivity contribution in [1.29, 1.82) is 0 Å². The second-order valence-corrected chi connectivity index (χ2v) is 14.8. The first-order chi connectivity index (χ1) is 24.3. The summed E-state index contributed by atoms with van der Waals surface area (Å²) in [6.45, 7) is 11.6. The summed E-state index contributed by atoms with van der Waals surface area (Å²) in [5.41, 5.74) is 14.1. The molecular formula is C49H41N. The lowest BCUT2D eigenvalue weighted by molar-refractivity contribution is 0.660. The minimum atomic E-state index is -0.125. The average Bonchev–Trinajstić information content (AvgIpc) is 3.38. The Kier molecular flexibility index (Phi) is 6.97. The highest BCUT2D eigenvalue weighted by atomic mass is 15.1. The zero-order valence-electron chi connectivity index (χ0n) is 29.5. The number of aryl methyl sites for hydroxylation is 1. The zero-order valence-corrected chi connectivity index (χ0v) is 29.5. The molecule has 0 fully saturated rings. The second kappa shape index (κ2) is 11.5. The van der Waals surface area contributed by atoms with Gasteiger partial charge in [-0.15, -0.1) is 0 Å². The molecule has 0 heterocycles. The van der Waals surface area contributed by atoms with Crippen molar-refractivity contribution in [2.75, 3.05) is 4.90 Å². The molecule has 8 aromatic carbocycles. The number of hydrogen-bond acceptors (Lipinski definition) is 1.